The second-order valence-electron chi connectivity index (χ2n) is 7.79. The zero-order chi connectivity index (χ0) is 20.1. The maximum Gasteiger partial charge on any atom is 0.222 e. The van der Waals surface area contributed by atoms with Gasteiger partial charge in [-0.25, -0.2) is 4.98 Å². The highest BCUT2D eigenvalue weighted by atomic mass is 16.2. The number of rotatable bonds is 7. The lowest BCUT2D eigenvalue weighted by atomic mass is 9.96. The van der Waals surface area contributed by atoms with Gasteiger partial charge in [-0.1, -0.05) is 30.3 Å². The quantitative estimate of drug-likeness (QED) is 0.620. The molecule has 3 heterocycles. The van der Waals surface area contributed by atoms with E-state index in [1.165, 1.54) is 5.56 Å². The van der Waals surface area contributed by atoms with Gasteiger partial charge in [-0.05, 0) is 31.2 Å². The first-order chi connectivity index (χ1) is 14.2. The molecule has 7 heteroatoms. The molecule has 3 aromatic rings. The first-order valence-corrected chi connectivity index (χ1v) is 10.4. The van der Waals surface area contributed by atoms with Crippen molar-refractivity contribution in [1.82, 2.24) is 29.2 Å². The van der Waals surface area contributed by atoms with E-state index in [0.717, 1.165) is 50.4 Å². The van der Waals surface area contributed by atoms with Crippen LogP contribution < -0.4 is 0 Å². The second kappa shape index (κ2) is 9.03. The normalized spacial score (nSPS) is 16.9. The molecule has 29 heavy (non-hydrogen) atoms. The van der Waals surface area contributed by atoms with Crippen LogP contribution in [0.5, 0.6) is 0 Å². The molecule has 0 saturated carbocycles. The van der Waals surface area contributed by atoms with E-state index in [9.17, 15) is 4.79 Å². The van der Waals surface area contributed by atoms with Gasteiger partial charge < -0.3 is 14.0 Å². The number of likely N-dealkylation sites (tertiary alicyclic amines) is 1. The Hall–Kier alpha value is -2.96. The molecule has 152 valence electrons. The van der Waals surface area contributed by atoms with E-state index >= 15 is 0 Å². The lowest BCUT2D eigenvalue weighted by molar-refractivity contribution is -0.132. The van der Waals surface area contributed by atoms with Crippen LogP contribution in [-0.4, -0.2) is 48.2 Å². The number of nitrogens with zero attached hydrogens (tertiary/aromatic N) is 6. The van der Waals surface area contributed by atoms with Gasteiger partial charge in [0.15, 0.2) is 5.82 Å². The van der Waals surface area contributed by atoms with Crippen molar-refractivity contribution in [2.75, 3.05) is 13.1 Å². The first-order valence-electron chi connectivity index (χ1n) is 10.4. The predicted octanol–water partition coefficient (Wildman–Crippen LogP) is 2.79. The molecule has 1 aliphatic rings. The Balaban J connectivity index is 1.33. The standard InChI is InChI=1S/C22H28N6O/c1-26-20(16-27-14-12-23-17-27)24-25-22(26)19-10-6-13-28(15-19)21(29)11-5-9-18-7-3-2-4-8-18/h2-4,7-8,12,14,17,19H,5-6,9-11,13,15-16H2,1H3. The summed E-state index contributed by atoms with van der Waals surface area (Å²) in [6.45, 7) is 2.24. The fourth-order valence-corrected chi connectivity index (χ4v) is 4.07. The van der Waals surface area contributed by atoms with Crippen LogP contribution >= 0.6 is 0 Å². The zero-order valence-electron chi connectivity index (χ0n) is 16.9. The lowest BCUT2D eigenvalue weighted by Crippen LogP contribution is -2.39. The summed E-state index contributed by atoms with van der Waals surface area (Å²) in [5, 5.41) is 8.84. The molecule has 4 rings (SSSR count). The highest BCUT2D eigenvalue weighted by Crippen LogP contribution is 2.26. The molecule has 1 saturated heterocycles. The van der Waals surface area contributed by atoms with Crippen LogP contribution in [-0.2, 0) is 24.8 Å². The van der Waals surface area contributed by atoms with Gasteiger partial charge in [0.05, 0.1) is 12.9 Å². The molecule has 7 nitrogen and oxygen atoms in total. The molecule has 0 radical (unpaired) electrons. The Morgan fingerprint density at radius 2 is 2.07 bits per heavy atom. The number of carbonyl (C=O) groups excluding carboxylic acids is 1. The Morgan fingerprint density at radius 3 is 2.86 bits per heavy atom. The van der Waals surface area contributed by atoms with Crippen LogP contribution in [0.4, 0.5) is 0 Å². The molecule has 1 atom stereocenters. The minimum Gasteiger partial charge on any atom is -0.342 e. The zero-order valence-corrected chi connectivity index (χ0v) is 16.9. The Kier molecular flexibility index (Phi) is 6.03. The molecule has 0 N–H and O–H groups in total. The van der Waals surface area contributed by atoms with Gasteiger partial charge in [0.1, 0.15) is 5.82 Å². The molecule has 0 spiro atoms. The molecule has 1 aliphatic heterocycles. The summed E-state index contributed by atoms with van der Waals surface area (Å²) in [7, 11) is 2.02. The predicted molar refractivity (Wildman–Crippen MR) is 110 cm³/mol. The van der Waals surface area contributed by atoms with Crippen molar-refractivity contribution < 1.29 is 4.79 Å². The number of piperidine rings is 1. The van der Waals surface area contributed by atoms with Gasteiger partial charge in [0.25, 0.3) is 0 Å². The van der Waals surface area contributed by atoms with Gasteiger partial charge in [-0.3, -0.25) is 4.79 Å². The number of amides is 1. The van der Waals surface area contributed by atoms with Crippen LogP contribution in [0.25, 0.3) is 0 Å². The largest absolute Gasteiger partial charge is 0.342 e. The van der Waals surface area contributed by atoms with E-state index in [0.29, 0.717) is 13.0 Å². The average molecular weight is 393 g/mol. The van der Waals surface area contributed by atoms with Crippen molar-refractivity contribution in [3.05, 3.63) is 66.3 Å². The van der Waals surface area contributed by atoms with Crippen molar-refractivity contribution in [3.63, 3.8) is 0 Å². The SMILES string of the molecule is Cn1c(Cn2ccnc2)nnc1C1CCCN(C(=O)CCCc2ccccc2)C1. The molecule has 1 unspecified atom stereocenters. The summed E-state index contributed by atoms with van der Waals surface area (Å²) < 4.78 is 4.06. The number of aryl methyl sites for hydroxylation is 1. The summed E-state index contributed by atoms with van der Waals surface area (Å²) in [5.74, 6) is 2.38. The summed E-state index contributed by atoms with van der Waals surface area (Å²) in [5.41, 5.74) is 1.29. The highest BCUT2D eigenvalue weighted by Gasteiger charge is 2.28. The Bertz CT molecular complexity index is 918. The number of aromatic nitrogens is 5. The lowest BCUT2D eigenvalue weighted by Gasteiger charge is -2.32. The second-order valence-corrected chi connectivity index (χ2v) is 7.79. The van der Waals surface area contributed by atoms with Crippen LogP contribution in [0.2, 0.25) is 0 Å². The number of hydrogen-bond acceptors (Lipinski definition) is 4. The smallest absolute Gasteiger partial charge is 0.222 e. The van der Waals surface area contributed by atoms with Gasteiger partial charge in [0.2, 0.25) is 5.91 Å². The van der Waals surface area contributed by atoms with Gasteiger partial charge in [-0.15, -0.1) is 10.2 Å². The monoisotopic (exact) mass is 392 g/mol. The minimum atomic E-state index is 0.246. The molecular weight excluding hydrogens is 364 g/mol. The molecule has 0 bridgehead atoms. The van der Waals surface area contributed by atoms with E-state index in [4.69, 9.17) is 0 Å². The van der Waals surface area contributed by atoms with E-state index in [1.54, 1.807) is 12.5 Å². The summed E-state index contributed by atoms with van der Waals surface area (Å²) in [6, 6.07) is 10.4. The molecule has 2 aromatic heterocycles. The first kappa shape index (κ1) is 19.4. The Morgan fingerprint density at radius 1 is 1.21 bits per heavy atom. The maximum absolute atomic E-state index is 12.7. The molecule has 0 aliphatic carbocycles. The third kappa shape index (κ3) is 4.72. The summed E-state index contributed by atoms with van der Waals surface area (Å²) >= 11 is 0. The third-order valence-electron chi connectivity index (χ3n) is 5.72. The van der Waals surface area contributed by atoms with Gasteiger partial charge in [-0.2, -0.15) is 0 Å². The Labute approximate surface area is 171 Å². The number of imidazole rings is 1. The number of carbonyl (C=O) groups is 1. The fraction of sp³-hybridized carbons (Fsp3) is 0.455. The van der Waals surface area contributed by atoms with E-state index < -0.39 is 0 Å². The molecule has 1 aromatic carbocycles. The average Bonchev–Trinajstić information content (AvgIpc) is 3.39. The van der Waals surface area contributed by atoms with Crippen LogP contribution in [0.15, 0.2) is 49.1 Å². The minimum absolute atomic E-state index is 0.246. The van der Waals surface area contributed by atoms with Crippen molar-refractivity contribution in [2.45, 2.75) is 44.6 Å². The topological polar surface area (TPSA) is 68.8 Å². The third-order valence-corrected chi connectivity index (χ3v) is 5.72. The highest BCUT2D eigenvalue weighted by molar-refractivity contribution is 5.76. The summed E-state index contributed by atoms with van der Waals surface area (Å²) in [6.07, 6.45) is 9.97. The maximum atomic E-state index is 12.7. The van der Waals surface area contributed by atoms with E-state index in [1.807, 2.05) is 40.9 Å². The number of hydrogen-bond donors (Lipinski definition) is 0. The van der Waals surface area contributed by atoms with Crippen LogP contribution in [0.1, 0.15) is 48.8 Å². The molecular formula is C22H28N6O. The molecule has 1 amide bonds. The van der Waals surface area contributed by atoms with Crippen molar-refractivity contribution in [2.24, 2.45) is 7.05 Å². The summed E-state index contributed by atoms with van der Waals surface area (Å²) in [4.78, 5) is 18.8. The van der Waals surface area contributed by atoms with Crippen LogP contribution in [0, 0.1) is 0 Å². The van der Waals surface area contributed by atoms with Crippen molar-refractivity contribution in [1.29, 1.82) is 0 Å². The van der Waals surface area contributed by atoms with Crippen molar-refractivity contribution >= 4 is 5.91 Å². The van der Waals surface area contributed by atoms with Crippen molar-refractivity contribution in [3.8, 4) is 0 Å². The molecule has 1 fully saturated rings. The number of benzene rings is 1. The van der Waals surface area contributed by atoms with Crippen LogP contribution in [0.3, 0.4) is 0 Å². The van der Waals surface area contributed by atoms with E-state index in [2.05, 4.69) is 31.9 Å². The van der Waals surface area contributed by atoms with Gasteiger partial charge in [0, 0.05) is 44.9 Å². The fourth-order valence-electron chi connectivity index (χ4n) is 4.07. The van der Waals surface area contributed by atoms with E-state index in [-0.39, 0.29) is 11.8 Å². The van der Waals surface area contributed by atoms with Gasteiger partial charge >= 0.3 is 0 Å².